The van der Waals surface area contributed by atoms with E-state index in [1.54, 1.807) is 0 Å². The van der Waals surface area contributed by atoms with Gasteiger partial charge in [0.15, 0.2) is 0 Å². The van der Waals surface area contributed by atoms with Crippen molar-refractivity contribution in [1.29, 1.82) is 5.26 Å². The van der Waals surface area contributed by atoms with E-state index in [0.717, 1.165) is 0 Å². The Morgan fingerprint density at radius 1 is 1.25 bits per heavy atom. The van der Waals surface area contributed by atoms with Crippen LogP contribution in [0.25, 0.3) is 0 Å². The second-order valence-electron chi connectivity index (χ2n) is 3.58. The summed E-state index contributed by atoms with van der Waals surface area (Å²) in [6.07, 6.45) is 0.566. The third-order valence-corrected chi connectivity index (χ3v) is 2.08. The first-order valence-electron chi connectivity index (χ1n) is 4.09. The van der Waals surface area contributed by atoms with Crippen molar-refractivity contribution in [2.45, 2.75) is 25.7 Å². The van der Waals surface area contributed by atoms with Gasteiger partial charge in [-0.1, -0.05) is 44.2 Å². The second kappa shape index (κ2) is 3.40. The highest BCUT2D eigenvalue weighted by atomic mass is 14.3. The molecular formula is C11H13N. The van der Waals surface area contributed by atoms with Crippen LogP contribution in [0.4, 0.5) is 0 Å². The molecule has 0 atom stereocenters. The van der Waals surface area contributed by atoms with Crippen LogP contribution in [0.2, 0.25) is 0 Å². The molecular weight excluding hydrogens is 146 g/mol. The van der Waals surface area contributed by atoms with E-state index < -0.39 is 0 Å². The van der Waals surface area contributed by atoms with Gasteiger partial charge in [0.05, 0.1) is 6.07 Å². The number of nitriles is 1. The molecule has 0 bridgehead atoms. The molecule has 0 fully saturated rings. The summed E-state index contributed by atoms with van der Waals surface area (Å²) in [6, 6.07) is 12.3. The fraction of sp³-hybridized carbons (Fsp3) is 0.364. The Morgan fingerprint density at radius 2 is 1.83 bits per heavy atom. The van der Waals surface area contributed by atoms with Crippen LogP contribution in [-0.2, 0) is 5.41 Å². The molecule has 0 saturated heterocycles. The molecule has 1 aromatic carbocycles. The number of rotatable bonds is 2. The maximum Gasteiger partial charge on any atom is 0.0630 e. The van der Waals surface area contributed by atoms with Crippen LogP contribution in [0.1, 0.15) is 25.8 Å². The maximum atomic E-state index is 8.61. The van der Waals surface area contributed by atoms with Crippen LogP contribution in [-0.4, -0.2) is 0 Å². The van der Waals surface area contributed by atoms with Gasteiger partial charge in [-0.15, -0.1) is 0 Å². The molecule has 0 radical (unpaired) electrons. The van der Waals surface area contributed by atoms with Crippen molar-refractivity contribution in [2.24, 2.45) is 0 Å². The zero-order valence-electron chi connectivity index (χ0n) is 7.54. The molecule has 0 saturated carbocycles. The van der Waals surface area contributed by atoms with Gasteiger partial charge in [-0.2, -0.15) is 5.26 Å². The van der Waals surface area contributed by atoms with Crippen LogP contribution >= 0.6 is 0 Å². The van der Waals surface area contributed by atoms with E-state index in [2.05, 4.69) is 32.0 Å². The zero-order chi connectivity index (χ0) is 9.03. The highest BCUT2D eigenvalue weighted by molar-refractivity contribution is 5.24. The predicted molar refractivity (Wildman–Crippen MR) is 49.7 cm³/mol. The summed E-state index contributed by atoms with van der Waals surface area (Å²) < 4.78 is 0. The lowest BCUT2D eigenvalue weighted by Crippen LogP contribution is -2.15. The lowest BCUT2D eigenvalue weighted by Gasteiger charge is -2.21. The van der Waals surface area contributed by atoms with Crippen LogP contribution in [0.5, 0.6) is 0 Å². The van der Waals surface area contributed by atoms with Crippen molar-refractivity contribution >= 4 is 0 Å². The minimum Gasteiger partial charge on any atom is -0.198 e. The van der Waals surface area contributed by atoms with Gasteiger partial charge in [-0.05, 0) is 5.56 Å². The Balaban J connectivity index is 2.91. The third kappa shape index (κ3) is 1.85. The average molecular weight is 159 g/mol. The molecule has 0 amide bonds. The first-order valence-corrected chi connectivity index (χ1v) is 4.09. The van der Waals surface area contributed by atoms with E-state index in [-0.39, 0.29) is 5.41 Å². The highest BCUT2D eigenvalue weighted by Crippen LogP contribution is 2.25. The largest absolute Gasteiger partial charge is 0.198 e. The van der Waals surface area contributed by atoms with Crippen molar-refractivity contribution < 1.29 is 0 Å². The van der Waals surface area contributed by atoms with Crippen LogP contribution in [0, 0.1) is 11.3 Å². The van der Waals surface area contributed by atoms with E-state index in [1.807, 2.05) is 18.2 Å². The van der Waals surface area contributed by atoms with Crippen molar-refractivity contribution in [3.63, 3.8) is 0 Å². The summed E-state index contributed by atoms with van der Waals surface area (Å²) in [4.78, 5) is 0. The summed E-state index contributed by atoms with van der Waals surface area (Å²) >= 11 is 0. The number of hydrogen-bond donors (Lipinski definition) is 0. The van der Waals surface area contributed by atoms with Gasteiger partial charge in [0.2, 0.25) is 0 Å². The third-order valence-electron chi connectivity index (χ3n) is 2.08. The molecule has 12 heavy (non-hydrogen) atoms. The molecule has 0 spiro atoms. The van der Waals surface area contributed by atoms with Gasteiger partial charge in [0, 0.05) is 11.8 Å². The van der Waals surface area contributed by atoms with Crippen molar-refractivity contribution in [2.75, 3.05) is 0 Å². The topological polar surface area (TPSA) is 23.8 Å². The Hall–Kier alpha value is -1.29. The molecule has 1 aromatic rings. The number of benzene rings is 1. The molecule has 0 aliphatic rings. The first-order chi connectivity index (χ1) is 5.67. The Bertz CT molecular complexity index is 280. The molecule has 1 heteroatoms. The molecule has 0 aliphatic heterocycles. The minimum atomic E-state index is -0.0178. The fourth-order valence-electron chi connectivity index (χ4n) is 1.19. The van der Waals surface area contributed by atoms with E-state index in [0.29, 0.717) is 6.42 Å². The Morgan fingerprint density at radius 3 is 2.33 bits per heavy atom. The minimum absolute atomic E-state index is 0.0178. The predicted octanol–water partition coefficient (Wildman–Crippen LogP) is 2.88. The fourth-order valence-corrected chi connectivity index (χ4v) is 1.19. The maximum absolute atomic E-state index is 8.61. The molecule has 0 unspecified atom stereocenters. The summed E-state index contributed by atoms with van der Waals surface area (Å²) in [5, 5.41) is 8.61. The van der Waals surface area contributed by atoms with Gasteiger partial charge in [-0.25, -0.2) is 0 Å². The molecule has 0 heterocycles. The van der Waals surface area contributed by atoms with Gasteiger partial charge in [0.25, 0.3) is 0 Å². The SMILES string of the molecule is CC(C)(CC#N)c1ccccc1. The van der Waals surface area contributed by atoms with Gasteiger partial charge < -0.3 is 0 Å². The van der Waals surface area contributed by atoms with Gasteiger partial charge in [-0.3, -0.25) is 0 Å². The molecule has 0 aromatic heterocycles. The average Bonchev–Trinajstić information content (AvgIpc) is 2.06. The lowest BCUT2D eigenvalue weighted by molar-refractivity contribution is 0.540. The highest BCUT2D eigenvalue weighted by Gasteiger charge is 2.19. The summed E-state index contributed by atoms with van der Waals surface area (Å²) in [5.41, 5.74) is 1.21. The van der Waals surface area contributed by atoms with E-state index in [1.165, 1.54) is 5.56 Å². The smallest absolute Gasteiger partial charge is 0.0630 e. The Labute approximate surface area is 73.6 Å². The van der Waals surface area contributed by atoms with Crippen molar-refractivity contribution in [1.82, 2.24) is 0 Å². The van der Waals surface area contributed by atoms with Gasteiger partial charge >= 0.3 is 0 Å². The Kier molecular flexibility index (Phi) is 2.50. The molecule has 62 valence electrons. The molecule has 1 rings (SSSR count). The van der Waals surface area contributed by atoms with Crippen molar-refractivity contribution in [3.05, 3.63) is 35.9 Å². The molecule has 0 aliphatic carbocycles. The van der Waals surface area contributed by atoms with Gasteiger partial charge in [0.1, 0.15) is 0 Å². The van der Waals surface area contributed by atoms with E-state index >= 15 is 0 Å². The second-order valence-corrected chi connectivity index (χ2v) is 3.58. The van der Waals surface area contributed by atoms with Crippen molar-refractivity contribution in [3.8, 4) is 6.07 Å². The summed E-state index contributed by atoms with van der Waals surface area (Å²) in [6.45, 7) is 4.18. The van der Waals surface area contributed by atoms with Crippen LogP contribution < -0.4 is 0 Å². The lowest BCUT2D eigenvalue weighted by atomic mass is 9.82. The quantitative estimate of drug-likeness (QED) is 0.651. The van der Waals surface area contributed by atoms with E-state index in [9.17, 15) is 0 Å². The van der Waals surface area contributed by atoms with E-state index in [4.69, 9.17) is 5.26 Å². The van der Waals surface area contributed by atoms with Crippen LogP contribution in [0.3, 0.4) is 0 Å². The normalized spacial score (nSPS) is 10.8. The first kappa shape index (κ1) is 8.80. The number of hydrogen-bond acceptors (Lipinski definition) is 1. The van der Waals surface area contributed by atoms with Crippen LogP contribution in [0.15, 0.2) is 30.3 Å². The molecule has 1 nitrogen and oxygen atoms in total. The standard InChI is InChI=1S/C11H13N/c1-11(2,8-9-12)10-6-4-3-5-7-10/h3-7H,8H2,1-2H3. The number of nitrogens with zero attached hydrogens (tertiary/aromatic N) is 1. The zero-order valence-corrected chi connectivity index (χ0v) is 7.54. The monoisotopic (exact) mass is 159 g/mol. The molecule has 0 N–H and O–H groups in total. The summed E-state index contributed by atoms with van der Waals surface area (Å²) in [7, 11) is 0. The summed E-state index contributed by atoms with van der Waals surface area (Å²) in [5.74, 6) is 0.